The highest BCUT2D eigenvalue weighted by Crippen LogP contribution is 2.16. The number of hydrogen-bond acceptors (Lipinski definition) is 3. The van der Waals surface area contributed by atoms with Crippen molar-refractivity contribution in [2.75, 3.05) is 34.3 Å². The van der Waals surface area contributed by atoms with E-state index in [9.17, 15) is 0 Å². The van der Waals surface area contributed by atoms with E-state index in [1.807, 2.05) is 12.1 Å². The van der Waals surface area contributed by atoms with Crippen LogP contribution in [0.15, 0.2) is 18.2 Å². The average Bonchev–Trinajstić information content (AvgIpc) is 2.27. The van der Waals surface area contributed by atoms with Crippen molar-refractivity contribution in [1.29, 1.82) is 10.5 Å². The number of quaternary nitrogens is 1. The van der Waals surface area contributed by atoms with Crippen LogP contribution in [0.1, 0.15) is 11.1 Å². The molecule has 0 spiro atoms. The first kappa shape index (κ1) is 13.0. The highest BCUT2D eigenvalue weighted by Gasteiger charge is 2.08. The summed E-state index contributed by atoms with van der Waals surface area (Å²) in [7, 11) is 6.26. The number of likely N-dealkylation sites (N-methyl/N-ethyl adjacent to an activating group) is 1. The molecular formula is C13H16N3O+. The quantitative estimate of drug-likeness (QED) is 0.737. The molecule has 0 heterocycles. The van der Waals surface area contributed by atoms with Crippen molar-refractivity contribution in [3.05, 3.63) is 29.3 Å². The SMILES string of the molecule is C[N+](C)(C)CCOc1ccc(C#N)c(C#N)c1. The van der Waals surface area contributed by atoms with Crippen molar-refractivity contribution in [2.45, 2.75) is 0 Å². The zero-order valence-corrected chi connectivity index (χ0v) is 10.4. The molecule has 0 N–H and O–H groups in total. The first-order valence-corrected chi connectivity index (χ1v) is 5.34. The van der Waals surface area contributed by atoms with Crippen molar-refractivity contribution in [3.8, 4) is 17.9 Å². The van der Waals surface area contributed by atoms with E-state index >= 15 is 0 Å². The maximum atomic E-state index is 8.87. The summed E-state index contributed by atoms with van der Waals surface area (Å²) in [5.74, 6) is 0.633. The Bertz CT molecular complexity index is 475. The van der Waals surface area contributed by atoms with Gasteiger partial charge in [-0.05, 0) is 18.2 Å². The van der Waals surface area contributed by atoms with Gasteiger partial charge in [-0.1, -0.05) is 0 Å². The molecule has 1 rings (SSSR count). The molecule has 88 valence electrons. The van der Waals surface area contributed by atoms with E-state index in [-0.39, 0.29) is 0 Å². The first-order chi connectivity index (χ1) is 7.96. The first-order valence-electron chi connectivity index (χ1n) is 5.34. The number of rotatable bonds is 4. The Kier molecular flexibility index (Phi) is 4.09. The number of ether oxygens (including phenoxy) is 1. The van der Waals surface area contributed by atoms with Gasteiger partial charge in [0.1, 0.15) is 31.0 Å². The van der Waals surface area contributed by atoms with Gasteiger partial charge in [0, 0.05) is 0 Å². The highest BCUT2D eigenvalue weighted by atomic mass is 16.5. The van der Waals surface area contributed by atoms with Gasteiger partial charge in [0.25, 0.3) is 0 Å². The van der Waals surface area contributed by atoms with Gasteiger partial charge in [0.05, 0.1) is 32.3 Å². The molecule has 0 saturated heterocycles. The second kappa shape index (κ2) is 5.34. The fraction of sp³-hybridized carbons (Fsp3) is 0.385. The van der Waals surface area contributed by atoms with Gasteiger partial charge in [-0.15, -0.1) is 0 Å². The van der Waals surface area contributed by atoms with Gasteiger partial charge in [-0.25, -0.2) is 0 Å². The lowest BCUT2D eigenvalue weighted by molar-refractivity contribution is -0.870. The van der Waals surface area contributed by atoms with Gasteiger partial charge in [-0.3, -0.25) is 0 Å². The summed E-state index contributed by atoms with van der Waals surface area (Å²) in [6, 6.07) is 8.89. The third-order valence-electron chi connectivity index (χ3n) is 2.26. The van der Waals surface area contributed by atoms with E-state index in [4.69, 9.17) is 15.3 Å². The Morgan fingerprint density at radius 3 is 2.29 bits per heavy atom. The summed E-state index contributed by atoms with van der Waals surface area (Å²) in [5, 5.41) is 17.6. The van der Waals surface area contributed by atoms with Crippen LogP contribution in [0.4, 0.5) is 0 Å². The minimum atomic E-state index is 0.357. The Balaban J connectivity index is 2.69. The number of hydrogen-bond donors (Lipinski definition) is 0. The summed E-state index contributed by atoms with van der Waals surface area (Å²) in [6.07, 6.45) is 0. The van der Waals surface area contributed by atoms with Crippen LogP contribution in [0.5, 0.6) is 5.75 Å². The number of nitriles is 2. The molecule has 0 aromatic heterocycles. The lowest BCUT2D eigenvalue weighted by Crippen LogP contribution is -2.38. The average molecular weight is 230 g/mol. The molecule has 0 amide bonds. The molecule has 17 heavy (non-hydrogen) atoms. The largest absolute Gasteiger partial charge is 0.488 e. The lowest BCUT2D eigenvalue weighted by Gasteiger charge is -2.23. The maximum absolute atomic E-state index is 8.87. The molecule has 4 nitrogen and oxygen atoms in total. The standard InChI is InChI=1S/C13H16N3O/c1-16(2,3)6-7-17-13-5-4-11(9-14)12(8-13)10-15/h4-5,8H,6-7H2,1-3H3/q+1. The van der Waals surface area contributed by atoms with Gasteiger partial charge < -0.3 is 9.22 Å². The summed E-state index contributed by atoms with van der Waals surface area (Å²) in [6.45, 7) is 1.46. The van der Waals surface area contributed by atoms with E-state index < -0.39 is 0 Å². The third-order valence-corrected chi connectivity index (χ3v) is 2.26. The van der Waals surface area contributed by atoms with Crippen LogP contribution in [0.3, 0.4) is 0 Å². The molecule has 1 aromatic carbocycles. The number of nitrogens with zero attached hydrogens (tertiary/aromatic N) is 3. The highest BCUT2D eigenvalue weighted by molar-refractivity contribution is 5.49. The van der Waals surface area contributed by atoms with E-state index in [0.717, 1.165) is 11.0 Å². The molecule has 0 atom stereocenters. The summed E-state index contributed by atoms with van der Waals surface area (Å²) in [5.41, 5.74) is 0.738. The van der Waals surface area contributed by atoms with Crippen molar-refractivity contribution in [3.63, 3.8) is 0 Å². The molecule has 1 aromatic rings. The minimum absolute atomic E-state index is 0.357. The zero-order chi connectivity index (χ0) is 12.9. The molecule has 0 radical (unpaired) electrons. The third kappa shape index (κ3) is 4.14. The van der Waals surface area contributed by atoms with Gasteiger partial charge in [0.2, 0.25) is 0 Å². The molecule has 0 fully saturated rings. The second-order valence-electron chi connectivity index (χ2n) is 4.79. The lowest BCUT2D eigenvalue weighted by atomic mass is 10.1. The smallest absolute Gasteiger partial charge is 0.137 e. The predicted octanol–water partition coefficient (Wildman–Crippen LogP) is 1.51. The normalized spacial score (nSPS) is 10.4. The van der Waals surface area contributed by atoms with Crippen molar-refractivity contribution >= 4 is 0 Å². The molecular weight excluding hydrogens is 214 g/mol. The summed E-state index contributed by atoms with van der Waals surface area (Å²) >= 11 is 0. The molecule has 0 aliphatic rings. The topological polar surface area (TPSA) is 56.8 Å². The monoisotopic (exact) mass is 230 g/mol. The van der Waals surface area contributed by atoms with Gasteiger partial charge in [0.15, 0.2) is 0 Å². The van der Waals surface area contributed by atoms with E-state index in [1.54, 1.807) is 18.2 Å². The fourth-order valence-electron chi connectivity index (χ4n) is 1.24. The van der Waals surface area contributed by atoms with Crippen LogP contribution >= 0.6 is 0 Å². The molecule has 4 heteroatoms. The van der Waals surface area contributed by atoms with E-state index in [0.29, 0.717) is 23.5 Å². The second-order valence-corrected chi connectivity index (χ2v) is 4.79. The number of benzene rings is 1. The maximum Gasteiger partial charge on any atom is 0.137 e. The van der Waals surface area contributed by atoms with Crippen molar-refractivity contribution in [1.82, 2.24) is 0 Å². The summed E-state index contributed by atoms with van der Waals surface area (Å²) in [4.78, 5) is 0. The van der Waals surface area contributed by atoms with E-state index in [1.165, 1.54) is 0 Å². The van der Waals surface area contributed by atoms with Crippen LogP contribution in [-0.4, -0.2) is 38.8 Å². The Morgan fingerprint density at radius 1 is 1.12 bits per heavy atom. The van der Waals surface area contributed by atoms with Crippen LogP contribution in [0, 0.1) is 22.7 Å². The van der Waals surface area contributed by atoms with Gasteiger partial charge in [-0.2, -0.15) is 10.5 Å². The Labute approximate surface area is 102 Å². The minimum Gasteiger partial charge on any atom is -0.488 e. The molecule has 0 saturated carbocycles. The predicted molar refractivity (Wildman–Crippen MR) is 64.3 cm³/mol. The fourth-order valence-corrected chi connectivity index (χ4v) is 1.24. The van der Waals surface area contributed by atoms with Crippen LogP contribution < -0.4 is 4.74 Å². The molecule has 0 aliphatic heterocycles. The summed E-state index contributed by atoms with van der Waals surface area (Å²) < 4.78 is 6.37. The Morgan fingerprint density at radius 2 is 1.76 bits per heavy atom. The van der Waals surface area contributed by atoms with Crippen LogP contribution in [0.2, 0.25) is 0 Å². The van der Waals surface area contributed by atoms with Gasteiger partial charge >= 0.3 is 0 Å². The zero-order valence-electron chi connectivity index (χ0n) is 10.4. The van der Waals surface area contributed by atoms with Crippen molar-refractivity contribution in [2.24, 2.45) is 0 Å². The van der Waals surface area contributed by atoms with Crippen LogP contribution in [-0.2, 0) is 0 Å². The molecule has 0 aliphatic carbocycles. The van der Waals surface area contributed by atoms with E-state index in [2.05, 4.69) is 21.1 Å². The van der Waals surface area contributed by atoms with Crippen molar-refractivity contribution < 1.29 is 9.22 Å². The Hall–Kier alpha value is -2.04. The molecule has 0 unspecified atom stereocenters. The molecule has 0 bridgehead atoms. The van der Waals surface area contributed by atoms with Crippen LogP contribution in [0.25, 0.3) is 0 Å².